The Hall–Kier alpha value is -2.53. The van der Waals surface area contributed by atoms with Crippen LogP contribution in [0.2, 0.25) is 5.02 Å². The fourth-order valence-electron chi connectivity index (χ4n) is 3.16. The number of benzene rings is 1. The maximum Gasteiger partial charge on any atom is 0.291 e. The SMILES string of the molecule is Cc1ccc(NC(=O)c2oc3c(c2C)-c2[nH]ncc2CC3)c(Cl)c1. The van der Waals surface area contributed by atoms with E-state index < -0.39 is 0 Å². The molecule has 6 heteroatoms. The first-order valence-corrected chi connectivity index (χ1v) is 8.14. The number of carbonyl (C=O) groups is 1. The molecule has 2 N–H and O–H groups in total. The number of carbonyl (C=O) groups excluding carboxylic acids is 1. The second-order valence-corrected chi connectivity index (χ2v) is 6.47. The van der Waals surface area contributed by atoms with Crippen LogP contribution in [0.25, 0.3) is 11.3 Å². The molecular formula is C18H16ClN3O2. The molecule has 0 aliphatic heterocycles. The monoisotopic (exact) mass is 341 g/mol. The number of fused-ring (bicyclic) bond motifs is 3. The van der Waals surface area contributed by atoms with Crippen LogP contribution in [0.4, 0.5) is 5.69 Å². The van der Waals surface area contributed by atoms with Gasteiger partial charge < -0.3 is 9.73 Å². The van der Waals surface area contributed by atoms with Gasteiger partial charge in [0.2, 0.25) is 0 Å². The number of aromatic amines is 1. The van der Waals surface area contributed by atoms with Gasteiger partial charge in [-0.05, 0) is 43.5 Å². The van der Waals surface area contributed by atoms with E-state index >= 15 is 0 Å². The number of anilines is 1. The van der Waals surface area contributed by atoms with Crippen molar-refractivity contribution in [2.24, 2.45) is 0 Å². The van der Waals surface area contributed by atoms with Crippen LogP contribution in [-0.4, -0.2) is 16.1 Å². The van der Waals surface area contributed by atoms with E-state index in [1.807, 2.05) is 32.2 Å². The van der Waals surface area contributed by atoms with Crippen LogP contribution < -0.4 is 5.32 Å². The minimum atomic E-state index is -0.297. The van der Waals surface area contributed by atoms with Gasteiger partial charge in [-0.2, -0.15) is 5.10 Å². The molecule has 1 amide bonds. The highest BCUT2D eigenvalue weighted by molar-refractivity contribution is 6.34. The fourth-order valence-corrected chi connectivity index (χ4v) is 3.44. The molecule has 0 fully saturated rings. The number of nitrogens with one attached hydrogen (secondary N) is 2. The van der Waals surface area contributed by atoms with Crippen LogP contribution in [-0.2, 0) is 12.8 Å². The number of aromatic nitrogens is 2. The molecule has 0 saturated carbocycles. The van der Waals surface area contributed by atoms with Gasteiger partial charge in [-0.15, -0.1) is 0 Å². The largest absolute Gasteiger partial charge is 0.455 e. The molecule has 3 aromatic rings. The second-order valence-electron chi connectivity index (χ2n) is 6.06. The number of rotatable bonds is 2. The molecule has 5 nitrogen and oxygen atoms in total. The summed E-state index contributed by atoms with van der Waals surface area (Å²) in [7, 11) is 0. The molecule has 1 aliphatic carbocycles. The lowest BCUT2D eigenvalue weighted by atomic mass is 9.93. The molecule has 1 aromatic carbocycles. The summed E-state index contributed by atoms with van der Waals surface area (Å²) in [6.45, 7) is 3.84. The molecular weight excluding hydrogens is 326 g/mol. The van der Waals surface area contributed by atoms with Crippen molar-refractivity contribution in [3.05, 3.63) is 57.6 Å². The van der Waals surface area contributed by atoms with Gasteiger partial charge in [-0.1, -0.05) is 17.7 Å². The summed E-state index contributed by atoms with van der Waals surface area (Å²) in [6.07, 6.45) is 3.45. The van der Waals surface area contributed by atoms with Crippen LogP contribution in [0.5, 0.6) is 0 Å². The van der Waals surface area contributed by atoms with Crippen molar-refractivity contribution in [2.45, 2.75) is 26.7 Å². The van der Waals surface area contributed by atoms with Crippen molar-refractivity contribution in [1.82, 2.24) is 10.2 Å². The Morgan fingerprint density at radius 1 is 1.33 bits per heavy atom. The van der Waals surface area contributed by atoms with E-state index in [0.29, 0.717) is 16.5 Å². The molecule has 1 aliphatic rings. The zero-order chi connectivity index (χ0) is 16.8. The zero-order valence-electron chi connectivity index (χ0n) is 13.4. The molecule has 0 atom stereocenters. The first kappa shape index (κ1) is 15.0. The molecule has 0 saturated heterocycles. The van der Waals surface area contributed by atoms with Crippen molar-refractivity contribution in [2.75, 3.05) is 5.32 Å². The van der Waals surface area contributed by atoms with Crippen molar-refractivity contribution >= 4 is 23.2 Å². The van der Waals surface area contributed by atoms with Gasteiger partial charge in [0, 0.05) is 17.5 Å². The minimum Gasteiger partial charge on any atom is -0.455 e. The maximum absolute atomic E-state index is 12.7. The lowest BCUT2D eigenvalue weighted by Gasteiger charge is -2.09. The van der Waals surface area contributed by atoms with Crippen LogP contribution in [0.15, 0.2) is 28.8 Å². The van der Waals surface area contributed by atoms with Crippen LogP contribution >= 0.6 is 11.6 Å². The Bertz CT molecular complexity index is 955. The van der Waals surface area contributed by atoms with Crippen LogP contribution in [0.1, 0.15) is 33.0 Å². The maximum atomic E-state index is 12.7. The molecule has 4 rings (SSSR count). The minimum absolute atomic E-state index is 0.297. The van der Waals surface area contributed by atoms with Crippen LogP contribution in [0.3, 0.4) is 0 Å². The van der Waals surface area contributed by atoms with E-state index in [1.165, 1.54) is 0 Å². The number of amides is 1. The van der Waals surface area contributed by atoms with E-state index in [9.17, 15) is 4.79 Å². The predicted molar refractivity (Wildman–Crippen MR) is 92.6 cm³/mol. The Labute approximate surface area is 144 Å². The molecule has 2 aromatic heterocycles. The summed E-state index contributed by atoms with van der Waals surface area (Å²) in [5.41, 5.74) is 5.48. The molecule has 2 heterocycles. The third-order valence-electron chi connectivity index (χ3n) is 4.39. The Kier molecular flexibility index (Phi) is 3.46. The summed E-state index contributed by atoms with van der Waals surface area (Å²) in [5, 5.41) is 10.4. The topological polar surface area (TPSA) is 70.9 Å². The van der Waals surface area contributed by atoms with E-state index in [2.05, 4.69) is 15.5 Å². The summed E-state index contributed by atoms with van der Waals surface area (Å²) >= 11 is 6.20. The number of nitrogens with zero attached hydrogens (tertiary/aromatic N) is 1. The Balaban J connectivity index is 1.70. The van der Waals surface area contributed by atoms with Crippen molar-refractivity contribution < 1.29 is 9.21 Å². The average Bonchev–Trinajstić information content (AvgIpc) is 3.14. The third-order valence-corrected chi connectivity index (χ3v) is 4.70. The summed E-state index contributed by atoms with van der Waals surface area (Å²) < 4.78 is 5.86. The van der Waals surface area contributed by atoms with Gasteiger partial charge >= 0.3 is 0 Å². The highest BCUT2D eigenvalue weighted by Crippen LogP contribution is 2.38. The smallest absolute Gasteiger partial charge is 0.291 e. The van der Waals surface area contributed by atoms with E-state index in [4.69, 9.17) is 16.0 Å². The highest BCUT2D eigenvalue weighted by atomic mass is 35.5. The Morgan fingerprint density at radius 2 is 2.17 bits per heavy atom. The van der Waals surface area contributed by atoms with Gasteiger partial charge in [-0.25, -0.2) is 0 Å². The number of hydrogen-bond donors (Lipinski definition) is 2. The summed E-state index contributed by atoms with van der Waals surface area (Å²) in [4.78, 5) is 12.7. The van der Waals surface area contributed by atoms with E-state index in [0.717, 1.165) is 46.5 Å². The van der Waals surface area contributed by atoms with E-state index in [-0.39, 0.29) is 5.91 Å². The van der Waals surface area contributed by atoms with Gasteiger partial charge in [0.25, 0.3) is 5.91 Å². The number of halogens is 1. The summed E-state index contributed by atoms with van der Waals surface area (Å²) in [5.74, 6) is 0.845. The molecule has 0 bridgehead atoms. The predicted octanol–water partition coefficient (Wildman–Crippen LogP) is 4.29. The molecule has 24 heavy (non-hydrogen) atoms. The fraction of sp³-hybridized carbons (Fsp3) is 0.222. The second kappa shape index (κ2) is 5.53. The third kappa shape index (κ3) is 2.32. The normalized spacial score (nSPS) is 12.6. The molecule has 0 radical (unpaired) electrons. The molecule has 0 spiro atoms. The molecule has 122 valence electrons. The average molecular weight is 342 g/mol. The number of furan rings is 1. The first-order chi connectivity index (χ1) is 11.5. The lowest BCUT2D eigenvalue weighted by Crippen LogP contribution is -2.12. The van der Waals surface area contributed by atoms with Gasteiger partial charge in [0.1, 0.15) is 5.76 Å². The number of aryl methyl sites for hydroxylation is 3. The van der Waals surface area contributed by atoms with E-state index in [1.54, 1.807) is 6.07 Å². The van der Waals surface area contributed by atoms with Crippen molar-refractivity contribution in [3.8, 4) is 11.3 Å². The van der Waals surface area contributed by atoms with Crippen molar-refractivity contribution in [1.29, 1.82) is 0 Å². The highest BCUT2D eigenvalue weighted by Gasteiger charge is 2.28. The standard InChI is InChI=1S/C18H16ClN3O2/c1-9-3-5-13(12(19)7-9)21-18(23)17-10(2)15-14(24-17)6-4-11-8-20-22-16(11)15/h3,5,7-8H,4,6H2,1-2H3,(H,20,22)(H,21,23). The first-order valence-electron chi connectivity index (χ1n) is 7.77. The van der Waals surface area contributed by atoms with Gasteiger partial charge in [-0.3, -0.25) is 9.89 Å². The lowest BCUT2D eigenvalue weighted by molar-refractivity contribution is 0.0994. The number of H-pyrrole nitrogens is 1. The zero-order valence-corrected chi connectivity index (χ0v) is 14.1. The van der Waals surface area contributed by atoms with Gasteiger partial charge in [0.15, 0.2) is 5.76 Å². The van der Waals surface area contributed by atoms with Gasteiger partial charge in [0.05, 0.1) is 22.6 Å². The Morgan fingerprint density at radius 3 is 2.96 bits per heavy atom. The van der Waals surface area contributed by atoms with Crippen LogP contribution in [0, 0.1) is 13.8 Å². The quantitative estimate of drug-likeness (QED) is 0.730. The summed E-state index contributed by atoms with van der Waals surface area (Å²) in [6, 6.07) is 5.51. The van der Waals surface area contributed by atoms with Crippen molar-refractivity contribution in [3.63, 3.8) is 0 Å². The molecule has 0 unspecified atom stereocenters. The number of hydrogen-bond acceptors (Lipinski definition) is 3.